The predicted octanol–water partition coefficient (Wildman–Crippen LogP) is 4.78. The van der Waals surface area contributed by atoms with E-state index in [0.717, 1.165) is 10.8 Å². The number of benzene rings is 2. The SMILES string of the molecule is CN(C(=O)NCc1cccc(F)c1Cl)[C@@H](CCC(=O)N1CCNC(C)(C)C1)COC(=O)Nc1cc2ccccc2cn1. The van der Waals surface area contributed by atoms with E-state index in [1.54, 1.807) is 30.3 Å². The number of piperazine rings is 1. The summed E-state index contributed by atoms with van der Waals surface area (Å²) in [6, 6.07) is 12.6. The third kappa shape index (κ3) is 8.29. The molecule has 1 aliphatic heterocycles. The third-order valence-electron chi connectivity index (χ3n) is 7.21. The van der Waals surface area contributed by atoms with Gasteiger partial charge in [-0.1, -0.05) is 48.0 Å². The predicted molar refractivity (Wildman–Crippen MR) is 160 cm³/mol. The minimum atomic E-state index is -0.738. The maximum atomic E-state index is 13.8. The number of pyridine rings is 1. The second-order valence-corrected chi connectivity index (χ2v) is 11.3. The van der Waals surface area contributed by atoms with E-state index in [9.17, 15) is 18.8 Å². The molecule has 2 aromatic carbocycles. The van der Waals surface area contributed by atoms with Crippen LogP contribution in [0.25, 0.3) is 10.8 Å². The van der Waals surface area contributed by atoms with E-state index in [2.05, 4.69) is 20.9 Å². The number of ether oxygens (including phenoxy) is 1. The van der Waals surface area contributed by atoms with Crippen molar-refractivity contribution in [2.24, 2.45) is 0 Å². The summed E-state index contributed by atoms with van der Waals surface area (Å²) in [6.07, 6.45) is 1.33. The van der Waals surface area contributed by atoms with Crippen LogP contribution in [0.15, 0.2) is 54.7 Å². The highest BCUT2D eigenvalue weighted by atomic mass is 35.5. The van der Waals surface area contributed by atoms with Crippen molar-refractivity contribution in [3.63, 3.8) is 0 Å². The number of carbonyl (C=O) groups is 3. The zero-order valence-corrected chi connectivity index (χ0v) is 24.7. The Kier molecular flexibility index (Phi) is 10.2. The number of rotatable bonds is 9. The van der Waals surface area contributed by atoms with E-state index in [4.69, 9.17) is 16.3 Å². The lowest BCUT2D eigenvalue weighted by molar-refractivity contribution is -0.133. The van der Waals surface area contributed by atoms with Gasteiger partial charge in [0.2, 0.25) is 5.91 Å². The molecule has 1 aromatic heterocycles. The van der Waals surface area contributed by atoms with E-state index >= 15 is 0 Å². The molecule has 1 saturated heterocycles. The summed E-state index contributed by atoms with van der Waals surface area (Å²) >= 11 is 6.02. The molecule has 0 aliphatic carbocycles. The van der Waals surface area contributed by atoms with Crippen molar-refractivity contribution >= 4 is 46.2 Å². The Morgan fingerprint density at radius 1 is 1.19 bits per heavy atom. The van der Waals surface area contributed by atoms with Crippen LogP contribution >= 0.6 is 11.6 Å². The van der Waals surface area contributed by atoms with Gasteiger partial charge in [-0.25, -0.2) is 19.0 Å². The molecule has 0 radical (unpaired) electrons. The van der Waals surface area contributed by atoms with E-state index in [0.29, 0.717) is 31.0 Å². The van der Waals surface area contributed by atoms with Gasteiger partial charge >= 0.3 is 12.1 Å². The molecule has 12 heteroatoms. The van der Waals surface area contributed by atoms with Gasteiger partial charge in [0.25, 0.3) is 0 Å². The first-order chi connectivity index (χ1) is 20.0. The van der Waals surface area contributed by atoms with Gasteiger partial charge in [-0.3, -0.25) is 10.1 Å². The van der Waals surface area contributed by atoms with Crippen molar-refractivity contribution in [1.82, 2.24) is 25.4 Å². The fraction of sp³-hybridized carbons (Fsp3) is 0.400. The van der Waals surface area contributed by atoms with Gasteiger partial charge in [0.05, 0.1) is 11.1 Å². The molecule has 0 saturated carbocycles. The minimum Gasteiger partial charge on any atom is -0.447 e. The number of amides is 4. The van der Waals surface area contributed by atoms with Gasteiger partial charge < -0.3 is 25.2 Å². The number of fused-ring (bicyclic) bond motifs is 1. The molecule has 1 fully saturated rings. The highest BCUT2D eigenvalue weighted by molar-refractivity contribution is 6.31. The fourth-order valence-electron chi connectivity index (χ4n) is 4.80. The number of halogens is 2. The Morgan fingerprint density at radius 3 is 2.71 bits per heavy atom. The van der Waals surface area contributed by atoms with Crippen LogP contribution in [0.5, 0.6) is 0 Å². The van der Waals surface area contributed by atoms with Crippen LogP contribution in [0.2, 0.25) is 5.02 Å². The Morgan fingerprint density at radius 2 is 1.95 bits per heavy atom. The largest absolute Gasteiger partial charge is 0.447 e. The number of hydrogen-bond donors (Lipinski definition) is 3. The highest BCUT2D eigenvalue weighted by Gasteiger charge is 2.30. The maximum absolute atomic E-state index is 13.8. The van der Waals surface area contributed by atoms with Gasteiger partial charge in [-0.05, 0) is 43.4 Å². The molecule has 4 rings (SSSR count). The first kappa shape index (κ1) is 31.0. The lowest BCUT2D eigenvalue weighted by Crippen LogP contribution is -2.58. The Bertz CT molecular complexity index is 1440. The topological polar surface area (TPSA) is 116 Å². The molecule has 0 unspecified atom stereocenters. The van der Waals surface area contributed by atoms with E-state index in [1.807, 2.05) is 38.1 Å². The summed E-state index contributed by atoms with van der Waals surface area (Å²) in [7, 11) is 1.55. The number of hydrogen-bond acceptors (Lipinski definition) is 6. The fourth-order valence-corrected chi connectivity index (χ4v) is 4.99. The Balaban J connectivity index is 1.39. The summed E-state index contributed by atoms with van der Waals surface area (Å²) in [5.74, 6) is -0.297. The van der Waals surface area contributed by atoms with Gasteiger partial charge in [0.15, 0.2) is 0 Å². The second kappa shape index (κ2) is 13.8. The first-order valence-corrected chi connectivity index (χ1v) is 14.1. The quantitative estimate of drug-likeness (QED) is 0.327. The zero-order valence-electron chi connectivity index (χ0n) is 24.0. The van der Waals surface area contributed by atoms with Crippen molar-refractivity contribution < 1.29 is 23.5 Å². The van der Waals surface area contributed by atoms with E-state index < -0.39 is 24.0 Å². The monoisotopic (exact) mass is 598 g/mol. The van der Waals surface area contributed by atoms with Gasteiger partial charge in [0.1, 0.15) is 18.2 Å². The summed E-state index contributed by atoms with van der Waals surface area (Å²) in [5, 5.41) is 10.5. The normalized spacial score (nSPS) is 15.1. The average Bonchev–Trinajstić information content (AvgIpc) is 2.96. The Hall–Kier alpha value is -3.96. The molecular weight excluding hydrogens is 563 g/mol. The summed E-state index contributed by atoms with van der Waals surface area (Å²) < 4.78 is 19.3. The molecule has 4 amide bonds. The van der Waals surface area contributed by atoms with Crippen molar-refractivity contribution in [2.75, 3.05) is 38.6 Å². The van der Waals surface area contributed by atoms with Crippen molar-refractivity contribution in [3.8, 4) is 0 Å². The van der Waals surface area contributed by atoms with Crippen molar-refractivity contribution in [2.45, 2.75) is 44.8 Å². The average molecular weight is 599 g/mol. The molecule has 10 nitrogen and oxygen atoms in total. The number of carbonyl (C=O) groups excluding carboxylic acids is 3. The molecule has 0 spiro atoms. The molecule has 1 atom stereocenters. The number of anilines is 1. The van der Waals surface area contributed by atoms with Crippen LogP contribution in [-0.4, -0.2) is 77.7 Å². The molecule has 1 aliphatic rings. The van der Waals surface area contributed by atoms with Gasteiger partial charge in [-0.15, -0.1) is 0 Å². The molecule has 3 N–H and O–H groups in total. The summed E-state index contributed by atoms with van der Waals surface area (Å²) in [6.45, 7) is 5.76. The zero-order chi connectivity index (χ0) is 30.3. The van der Waals surface area contributed by atoms with Crippen LogP contribution in [0.3, 0.4) is 0 Å². The van der Waals surface area contributed by atoms with E-state index in [-0.39, 0.29) is 42.5 Å². The summed E-state index contributed by atoms with van der Waals surface area (Å²) in [5.41, 5.74) is 0.227. The van der Waals surface area contributed by atoms with Crippen molar-refractivity contribution in [1.29, 1.82) is 0 Å². The van der Waals surface area contributed by atoms with Crippen LogP contribution in [0.4, 0.5) is 19.8 Å². The van der Waals surface area contributed by atoms with Gasteiger partial charge in [-0.2, -0.15) is 0 Å². The number of nitrogens with zero attached hydrogens (tertiary/aromatic N) is 3. The number of nitrogens with one attached hydrogen (secondary N) is 3. The molecule has 0 bridgehead atoms. The van der Waals surface area contributed by atoms with Crippen LogP contribution < -0.4 is 16.0 Å². The summed E-state index contributed by atoms with van der Waals surface area (Å²) in [4.78, 5) is 46.2. The number of likely N-dealkylation sites (N-methyl/N-ethyl adjacent to an activating group) is 1. The first-order valence-electron chi connectivity index (χ1n) is 13.8. The smallest absolute Gasteiger partial charge is 0.412 e. The van der Waals surface area contributed by atoms with Crippen LogP contribution in [0, 0.1) is 5.82 Å². The third-order valence-corrected chi connectivity index (χ3v) is 7.64. The maximum Gasteiger partial charge on any atom is 0.412 e. The molecule has 3 aromatic rings. The second-order valence-electron chi connectivity index (χ2n) is 10.9. The molecule has 224 valence electrons. The number of aromatic nitrogens is 1. The lowest BCUT2D eigenvalue weighted by atomic mass is 10.0. The standard InChI is InChI=1S/C30H36ClFN6O4/c1-30(2)19-38(14-13-35-30)26(39)12-11-23(37(3)28(40)34-17-22-9-6-10-24(32)27(22)31)18-42-29(41)36-25-15-20-7-4-5-8-21(20)16-33-25/h4-10,15-16,23,35H,11-14,17-19H2,1-3H3,(H,34,40)(H,33,36,41)/t23-/m0/s1. The van der Waals surface area contributed by atoms with E-state index in [1.165, 1.54) is 17.0 Å². The Labute approximate surface area is 249 Å². The molecule has 42 heavy (non-hydrogen) atoms. The highest BCUT2D eigenvalue weighted by Crippen LogP contribution is 2.20. The minimum absolute atomic E-state index is 0.00372. The molecular formula is C30H36ClFN6O4. The van der Waals surface area contributed by atoms with Crippen molar-refractivity contribution in [3.05, 3.63) is 71.1 Å². The molecule has 2 heterocycles. The van der Waals surface area contributed by atoms with Gasteiger partial charge in [0, 0.05) is 56.8 Å². The van der Waals surface area contributed by atoms with Crippen LogP contribution in [0.1, 0.15) is 32.3 Å². The lowest BCUT2D eigenvalue weighted by Gasteiger charge is -2.39. The number of urea groups is 1. The van der Waals surface area contributed by atoms with Crippen LogP contribution in [-0.2, 0) is 16.1 Å².